The van der Waals surface area contributed by atoms with E-state index < -0.39 is 24.2 Å². The Morgan fingerprint density at radius 3 is 1.82 bits per heavy atom. The zero-order valence-corrected chi connectivity index (χ0v) is 28.4. The van der Waals surface area contributed by atoms with Crippen molar-refractivity contribution in [2.24, 2.45) is 5.92 Å². The average molecular weight is 633 g/mol. The van der Waals surface area contributed by atoms with Gasteiger partial charge in [0.15, 0.2) is 0 Å². The molecule has 1 rings (SSSR count). The Balaban J connectivity index is 2.32. The molecule has 0 amide bonds. The third-order valence-corrected chi connectivity index (χ3v) is 7.99. The van der Waals surface area contributed by atoms with Crippen molar-refractivity contribution in [3.05, 3.63) is 0 Å². The Bertz CT molecular complexity index is 676. The van der Waals surface area contributed by atoms with Gasteiger partial charge in [0.25, 0.3) is 0 Å². The molecule has 0 aromatic rings. The van der Waals surface area contributed by atoms with E-state index in [9.17, 15) is 9.59 Å². The van der Waals surface area contributed by atoms with Crippen molar-refractivity contribution in [1.82, 2.24) is 0 Å². The summed E-state index contributed by atoms with van der Waals surface area (Å²) in [5, 5.41) is 0. The first-order valence-electron chi connectivity index (χ1n) is 17.2. The predicted molar refractivity (Wildman–Crippen MR) is 170 cm³/mol. The number of ether oxygens (including phenoxy) is 8. The van der Waals surface area contributed by atoms with Crippen LogP contribution in [0.4, 0.5) is 0 Å². The van der Waals surface area contributed by atoms with Crippen LogP contribution in [0.25, 0.3) is 0 Å². The van der Waals surface area contributed by atoms with Crippen LogP contribution in [0.2, 0.25) is 0 Å². The summed E-state index contributed by atoms with van der Waals surface area (Å²) in [6, 6.07) is 0. The van der Waals surface area contributed by atoms with Crippen LogP contribution in [0.5, 0.6) is 0 Å². The highest BCUT2D eigenvalue weighted by molar-refractivity contribution is 5.85. The number of unbranched alkanes of at least 4 members (excludes halogenated alkanes) is 12. The van der Waals surface area contributed by atoms with E-state index in [1.165, 1.54) is 70.6 Å². The highest BCUT2D eigenvalue weighted by Crippen LogP contribution is 2.32. The number of ketones is 1. The van der Waals surface area contributed by atoms with E-state index in [0.29, 0.717) is 46.1 Å². The summed E-state index contributed by atoms with van der Waals surface area (Å²) in [7, 11) is 4.80. The molecule has 0 aliphatic heterocycles. The monoisotopic (exact) mass is 632 g/mol. The third-order valence-electron chi connectivity index (χ3n) is 7.99. The van der Waals surface area contributed by atoms with E-state index in [-0.39, 0.29) is 38.0 Å². The topological polar surface area (TPSA) is 108 Å². The van der Waals surface area contributed by atoms with Crippen LogP contribution in [0.1, 0.15) is 103 Å². The maximum Gasteiger partial charge on any atom is 0.305 e. The van der Waals surface area contributed by atoms with E-state index in [2.05, 4.69) is 6.92 Å². The molecule has 0 aromatic heterocycles. The van der Waals surface area contributed by atoms with E-state index in [1.54, 1.807) is 21.3 Å². The molecule has 4 atom stereocenters. The van der Waals surface area contributed by atoms with Gasteiger partial charge in [0, 0.05) is 34.2 Å². The van der Waals surface area contributed by atoms with Crippen LogP contribution < -0.4 is 0 Å². The van der Waals surface area contributed by atoms with Crippen LogP contribution >= 0.6 is 0 Å². The van der Waals surface area contributed by atoms with Gasteiger partial charge in [-0.3, -0.25) is 9.59 Å². The second-order valence-corrected chi connectivity index (χ2v) is 11.6. The van der Waals surface area contributed by atoms with Crippen molar-refractivity contribution in [2.45, 2.75) is 122 Å². The predicted octanol–water partition coefficient (Wildman–Crippen LogP) is 5.71. The lowest BCUT2D eigenvalue weighted by molar-refractivity contribution is -0.148. The van der Waals surface area contributed by atoms with Crippen molar-refractivity contribution in [3.8, 4) is 0 Å². The van der Waals surface area contributed by atoms with Crippen LogP contribution in [0, 0.1) is 5.92 Å². The molecule has 0 bridgehead atoms. The Morgan fingerprint density at radius 1 is 0.682 bits per heavy atom. The molecule has 10 heteroatoms. The third kappa shape index (κ3) is 20.1. The maximum absolute atomic E-state index is 13.1. The largest absolute Gasteiger partial charge is 0.463 e. The number of methoxy groups -OCH3 is 3. The lowest BCUT2D eigenvalue weighted by Crippen LogP contribution is -2.43. The summed E-state index contributed by atoms with van der Waals surface area (Å²) in [4.78, 5) is 25.3. The normalized spacial score (nSPS) is 19.1. The summed E-state index contributed by atoms with van der Waals surface area (Å²) in [5.41, 5.74) is 0. The second-order valence-electron chi connectivity index (χ2n) is 11.6. The Kier molecular flexibility index (Phi) is 27.2. The summed E-state index contributed by atoms with van der Waals surface area (Å²) in [6.07, 6.45) is 15.7. The van der Waals surface area contributed by atoms with E-state index in [1.807, 2.05) is 0 Å². The molecule has 44 heavy (non-hydrogen) atoms. The van der Waals surface area contributed by atoms with Crippen molar-refractivity contribution < 1.29 is 47.5 Å². The Morgan fingerprint density at radius 2 is 1.23 bits per heavy atom. The molecule has 0 radical (unpaired) electrons. The molecule has 0 aromatic carbocycles. The number of esters is 1. The zero-order valence-electron chi connectivity index (χ0n) is 28.4. The van der Waals surface area contributed by atoms with Gasteiger partial charge < -0.3 is 37.9 Å². The van der Waals surface area contributed by atoms with Gasteiger partial charge >= 0.3 is 5.97 Å². The smallest absolute Gasteiger partial charge is 0.305 e. The molecule has 0 saturated heterocycles. The molecule has 1 saturated carbocycles. The van der Waals surface area contributed by atoms with E-state index in [4.69, 9.17) is 37.9 Å². The number of carbonyl (C=O) groups is 2. The summed E-state index contributed by atoms with van der Waals surface area (Å²) < 4.78 is 44.6. The van der Waals surface area contributed by atoms with E-state index >= 15 is 0 Å². The van der Waals surface area contributed by atoms with Gasteiger partial charge in [0.05, 0.1) is 77.1 Å². The highest BCUT2D eigenvalue weighted by atomic mass is 16.6. The van der Waals surface area contributed by atoms with Gasteiger partial charge in [0.2, 0.25) is 0 Å². The summed E-state index contributed by atoms with van der Waals surface area (Å²) >= 11 is 0. The molecule has 260 valence electrons. The fourth-order valence-corrected chi connectivity index (χ4v) is 5.51. The fraction of sp³-hybridized carbons (Fsp3) is 0.941. The van der Waals surface area contributed by atoms with Crippen LogP contribution in [-0.4, -0.2) is 111 Å². The summed E-state index contributed by atoms with van der Waals surface area (Å²) in [5.74, 6) is -0.752. The quantitative estimate of drug-likeness (QED) is 0.0676. The number of hydrogen-bond donors (Lipinski definition) is 0. The standard InChI is InChI=1S/C34H64O10/c1-5-6-7-8-9-10-11-12-13-14-15-16-17-18-32(36)43-26-22-40-28-31(42-24-20-38-3)33-29(35)27-30(41-23-19-37-2)34(33)44-25-21-39-4/h30-31,33-34H,5-28H2,1-4H3. The lowest BCUT2D eigenvalue weighted by Gasteiger charge is -2.30. The van der Waals surface area contributed by atoms with Crippen molar-refractivity contribution in [2.75, 3.05) is 80.8 Å². The van der Waals surface area contributed by atoms with Gasteiger partial charge in [-0.1, -0.05) is 84.0 Å². The van der Waals surface area contributed by atoms with Crippen molar-refractivity contribution >= 4 is 11.8 Å². The molecule has 1 aliphatic carbocycles. The maximum atomic E-state index is 13.1. The fourth-order valence-electron chi connectivity index (χ4n) is 5.51. The molecule has 0 heterocycles. The van der Waals surface area contributed by atoms with E-state index in [0.717, 1.165) is 12.8 Å². The minimum absolute atomic E-state index is 0.00471. The molecular formula is C34H64O10. The first kappa shape index (κ1) is 40.9. The minimum Gasteiger partial charge on any atom is -0.463 e. The van der Waals surface area contributed by atoms with Gasteiger partial charge in [-0.25, -0.2) is 0 Å². The number of rotatable bonds is 32. The van der Waals surface area contributed by atoms with Crippen molar-refractivity contribution in [1.29, 1.82) is 0 Å². The van der Waals surface area contributed by atoms with Crippen molar-refractivity contribution in [3.63, 3.8) is 0 Å². The molecule has 1 aliphatic rings. The average Bonchev–Trinajstić information content (AvgIpc) is 3.32. The minimum atomic E-state index is -0.561. The van der Waals surface area contributed by atoms with Gasteiger partial charge in [-0.05, 0) is 6.42 Å². The van der Waals surface area contributed by atoms with Gasteiger partial charge in [-0.2, -0.15) is 0 Å². The highest BCUT2D eigenvalue weighted by Gasteiger charge is 2.48. The lowest BCUT2D eigenvalue weighted by atomic mass is 9.97. The van der Waals surface area contributed by atoms with Gasteiger partial charge in [-0.15, -0.1) is 0 Å². The number of carbonyl (C=O) groups excluding carboxylic acids is 2. The SMILES string of the molecule is CCCCCCCCCCCCCCCC(=O)OCCOCC(OCCOC)C1C(=O)CC(OCCOC)C1OCCOC. The molecule has 10 nitrogen and oxygen atoms in total. The van der Waals surface area contributed by atoms with Crippen LogP contribution in [0.3, 0.4) is 0 Å². The first-order valence-corrected chi connectivity index (χ1v) is 17.2. The Labute approximate surface area is 267 Å². The van der Waals surface area contributed by atoms with Crippen LogP contribution in [-0.2, 0) is 47.5 Å². The first-order chi connectivity index (χ1) is 21.6. The molecule has 0 spiro atoms. The second kappa shape index (κ2) is 29.3. The zero-order chi connectivity index (χ0) is 32.1. The Hall–Kier alpha value is -1.14. The number of Topliss-reactive ketones (excluding diaryl/α,β-unsaturated/α-hetero) is 1. The van der Waals surface area contributed by atoms with Crippen LogP contribution in [0.15, 0.2) is 0 Å². The molecule has 4 unspecified atom stereocenters. The number of hydrogen-bond acceptors (Lipinski definition) is 10. The summed E-state index contributed by atoms with van der Waals surface area (Å²) in [6.45, 7) is 5.01. The molecule has 0 N–H and O–H groups in total. The van der Waals surface area contributed by atoms with Gasteiger partial charge in [0.1, 0.15) is 12.4 Å². The molecular weight excluding hydrogens is 568 g/mol. The molecule has 1 fully saturated rings.